The third-order valence-corrected chi connectivity index (χ3v) is 3.12. The molecule has 2 rings (SSSR count). The van der Waals surface area contributed by atoms with Gasteiger partial charge in [-0.25, -0.2) is 4.98 Å². The van der Waals surface area contributed by atoms with E-state index in [1.165, 1.54) is 12.5 Å². The van der Waals surface area contributed by atoms with Gasteiger partial charge in [0.2, 0.25) is 0 Å². The summed E-state index contributed by atoms with van der Waals surface area (Å²) in [5.74, 6) is 0.115. The number of hydrogen-bond acceptors (Lipinski definition) is 5. The van der Waals surface area contributed by atoms with Crippen LogP contribution in [0.3, 0.4) is 0 Å². The average Bonchev–Trinajstić information content (AvgIpc) is 2.26. The van der Waals surface area contributed by atoms with Crippen LogP contribution in [0.15, 0.2) is 12.3 Å². The second-order valence-electron chi connectivity index (χ2n) is 4.39. The van der Waals surface area contributed by atoms with Crippen molar-refractivity contribution in [2.24, 2.45) is 5.92 Å². The van der Waals surface area contributed by atoms with E-state index >= 15 is 0 Å². The molecule has 1 saturated carbocycles. The monoisotopic (exact) mass is 250 g/mol. The third-order valence-electron chi connectivity index (χ3n) is 3.12. The van der Waals surface area contributed by atoms with Crippen LogP contribution < -0.4 is 11.1 Å². The molecule has 0 atom stereocenters. The van der Waals surface area contributed by atoms with Crippen LogP contribution in [-0.4, -0.2) is 22.4 Å². The summed E-state index contributed by atoms with van der Waals surface area (Å²) < 4.78 is 0. The van der Waals surface area contributed by atoms with Crippen LogP contribution in [0.4, 0.5) is 11.5 Å². The van der Waals surface area contributed by atoms with Crippen molar-refractivity contribution >= 4 is 17.4 Å². The molecule has 0 aliphatic heterocycles. The van der Waals surface area contributed by atoms with E-state index in [-0.39, 0.29) is 17.1 Å². The summed E-state index contributed by atoms with van der Waals surface area (Å²) in [5, 5.41) is 13.5. The number of amides is 1. The van der Waals surface area contributed by atoms with E-state index in [9.17, 15) is 14.9 Å². The van der Waals surface area contributed by atoms with Crippen molar-refractivity contribution in [2.75, 3.05) is 12.3 Å². The third kappa shape index (κ3) is 2.55. The Morgan fingerprint density at radius 2 is 2.33 bits per heavy atom. The highest BCUT2D eigenvalue weighted by molar-refractivity contribution is 5.98. The second-order valence-corrected chi connectivity index (χ2v) is 4.39. The van der Waals surface area contributed by atoms with Crippen LogP contribution >= 0.6 is 0 Å². The number of carbonyl (C=O) groups is 1. The first kappa shape index (κ1) is 12.3. The van der Waals surface area contributed by atoms with Gasteiger partial charge in [0.25, 0.3) is 11.6 Å². The van der Waals surface area contributed by atoms with Gasteiger partial charge in [0.05, 0.1) is 4.92 Å². The Labute approximate surface area is 104 Å². The van der Waals surface area contributed by atoms with Gasteiger partial charge in [0.1, 0.15) is 17.6 Å². The Morgan fingerprint density at radius 3 is 2.89 bits per heavy atom. The van der Waals surface area contributed by atoms with Crippen molar-refractivity contribution in [3.8, 4) is 0 Å². The number of nitrogens with two attached hydrogens (primary N) is 1. The summed E-state index contributed by atoms with van der Waals surface area (Å²) in [6.45, 7) is 0.554. The molecule has 18 heavy (non-hydrogen) atoms. The van der Waals surface area contributed by atoms with Crippen molar-refractivity contribution in [3.05, 3.63) is 27.9 Å². The topological polar surface area (TPSA) is 111 Å². The first-order chi connectivity index (χ1) is 8.58. The van der Waals surface area contributed by atoms with Crippen LogP contribution in [0.5, 0.6) is 0 Å². The highest BCUT2D eigenvalue weighted by Crippen LogP contribution is 2.25. The molecule has 0 saturated heterocycles. The Bertz CT molecular complexity index is 485. The maximum atomic E-state index is 11.9. The van der Waals surface area contributed by atoms with Gasteiger partial charge in [-0.2, -0.15) is 0 Å². The molecule has 0 unspecified atom stereocenters. The van der Waals surface area contributed by atoms with E-state index < -0.39 is 10.8 Å². The number of nitrogens with zero attached hydrogens (tertiary/aromatic N) is 2. The Hall–Kier alpha value is -2.18. The molecule has 1 fully saturated rings. The molecular weight excluding hydrogens is 236 g/mol. The van der Waals surface area contributed by atoms with Gasteiger partial charge in [-0.05, 0) is 24.8 Å². The molecular formula is C11H14N4O3. The summed E-state index contributed by atoms with van der Waals surface area (Å²) >= 11 is 0. The van der Waals surface area contributed by atoms with E-state index in [1.54, 1.807) is 0 Å². The summed E-state index contributed by atoms with van der Waals surface area (Å²) in [6, 6.07) is 1.23. The number of nitrogens with one attached hydrogen (secondary N) is 1. The van der Waals surface area contributed by atoms with E-state index in [1.807, 2.05) is 0 Å². The number of rotatable bonds is 4. The molecule has 1 aromatic rings. The Balaban J connectivity index is 2.11. The van der Waals surface area contributed by atoms with E-state index in [4.69, 9.17) is 5.73 Å². The highest BCUT2D eigenvalue weighted by Gasteiger charge is 2.23. The van der Waals surface area contributed by atoms with Crippen LogP contribution in [0.2, 0.25) is 0 Å². The molecule has 0 radical (unpaired) electrons. The number of nitrogen functional groups attached to an aromatic ring is 1. The maximum absolute atomic E-state index is 11.9. The van der Waals surface area contributed by atoms with E-state index in [0.717, 1.165) is 19.0 Å². The van der Waals surface area contributed by atoms with Gasteiger partial charge < -0.3 is 11.1 Å². The number of pyridine rings is 1. The largest absolute Gasteiger partial charge is 0.384 e. The van der Waals surface area contributed by atoms with Crippen molar-refractivity contribution in [1.82, 2.24) is 10.3 Å². The molecule has 1 amide bonds. The van der Waals surface area contributed by atoms with Crippen molar-refractivity contribution in [2.45, 2.75) is 19.3 Å². The fourth-order valence-electron chi connectivity index (χ4n) is 1.82. The van der Waals surface area contributed by atoms with E-state index in [2.05, 4.69) is 10.3 Å². The molecule has 96 valence electrons. The highest BCUT2D eigenvalue weighted by atomic mass is 16.6. The van der Waals surface area contributed by atoms with Crippen LogP contribution in [0.1, 0.15) is 29.6 Å². The van der Waals surface area contributed by atoms with Gasteiger partial charge >= 0.3 is 0 Å². The average molecular weight is 250 g/mol. The molecule has 0 aromatic carbocycles. The molecule has 0 spiro atoms. The zero-order valence-electron chi connectivity index (χ0n) is 9.76. The van der Waals surface area contributed by atoms with Gasteiger partial charge in [-0.15, -0.1) is 0 Å². The SMILES string of the molecule is Nc1cc(C(=O)NCC2CCC2)c([N+](=O)[O-])cn1. The minimum atomic E-state index is -0.634. The quantitative estimate of drug-likeness (QED) is 0.614. The Morgan fingerprint density at radius 1 is 1.61 bits per heavy atom. The van der Waals surface area contributed by atoms with Gasteiger partial charge in [0.15, 0.2) is 0 Å². The van der Waals surface area contributed by atoms with Crippen molar-refractivity contribution < 1.29 is 9.72 Å². The summed E-state index contributed by atoms with van der Waals surface area (Å²) in [6.07, 6.45) is 4.39. The molecule has 7 heteroatoms. The number of aromatic nitrogens is 1. The maximum Gasteiger partial charge on any atom is 0.300 e. The second kappa shape index (κ2) is 4.99. The zero-order valence-corrected chi connectivity index (χ0v) is 9.76. The molecule has 7 nitrogen and oxygen atoms in total. The lowest BCUT2D eigenvalue weighted by Gasteiger charge is -2.25. The smallest absolute Gasteiger partial charge is 0.300 e. The fraction of sp³-hybridized carbons (Fsp3) is 0.455. The summed E-state index contributed by atoms with van der Waals surface area (Å²) in [7, 11) is 0. The first-order valence-corrected chi connectivity index (χ1v) is 5.76. The van der Waals surface area contributed by atoms with Gasteiger partial charge in [0, 0.05) is 6.54 Å². The standard InChI is InChI=1S/C11H14N4O3/c12-10-4-8(9(6-13-10)15(17)18)11(16)14-5-7-2-1-3-7/h4,6-7H,1-3,5H2,(H2,12,13)(H,14,16). The molecule has 1 aromatic heterocycles. The summed E-state index contributed by atoms with van der Waals surface area (Å²) in [4.78, 5) is 25.6. The number of hydrogen-bond donors (Lipinski definition) is 2. The number of nitro groups is 1. The van der Waals surface area contributed by atoms with Gasteiger partial charge in [-0.1, -0.05) is 6.42 Å². The zero-order chi connectivity index (χ0) is 13.1. The minimum Gasteiger partial charge on any atom is -0.384 e. The molecule has 0 bridgehead atoms. The molecule has 1 heterocycles. The lowest BCUT2D eigenvalue weighted by atomic mass is 9.85. The van der Waals surface area contributed by atoms with Crippen molar-refractivity contribution in [1.29, 1.82) is 0 Å². The predicted molar refractivity (Wildman–Crippen MR) is 65.0 cm³/mol. The van der Waals surface area contributed by atoms with E-state index in [0.29, 0.717) is 12.5 Å². The first-order valence-electron chi connectivity index (χ1n) is 5.76. The lowest BCUT2D eigenvalue weighted by Crippen LogP contribution is -2.32. The van der Waals surface area contributed by atoms with Crippen LogP contribution in [0, 0.1) is 16.0 Å². The number of anilines is 1. The fourth-order valence-corrected chi connectivity index (χ4v) is 1.82. The van der Waals surface area contributed by atoms with Crippen LogP contribution in [0.25, 0.3) is 0 Å². The molecule has 1 aliphatic carbocycles. The van der Waals surface area contributed by atoms with Gasteiger partial charge in [-0.3, -0.25) is 14.9 Å². The normalized spacial score (nSPS) is 14.9. The predicted octanol–water partition coefficient (Wildman–Crippen LogP) is 1.10. The number of carbonyl (C=O) groups excluding carboxylic acids is 1. The Kier molecular flexibility index (Phi) is 3.40. The lowest BCUT2D eigenvalue weighted by molar-refractivity contribution is -0.385. The minimum absolute atomic E-state index is 0.0353. The summed E-state index contributed by atoms with van der Waals surface area (Å²) in [5.41, 5.74) is 5.09. The van der Waals surface area contributed by atoms with Crippen molar-refractivity contribution in [3.63, 3.8) is 0 Å². The molecule has 3 N–H and O–H groups in total. The van der Waals surface area contributed by atoms with Crippen LogP contribution in [-0.2, 0) is 0 Å². The molecule has 1 aliphatic rings.